The van der Waals surface area contributed by atoms with Crippen LogP contribution in [-0.2, 0) is 0 Å². The Bertz CT molecular complexity index is 451. The van der Waals surface area contributed by atoms with Crippen molar-refractivity contribution in [2.24, 2.45) is 0 Å². The maximum absolute atomic E-state index is 2.82. The first-order chi connectivity index (χ1) is 22.2. The summed E-state index contributed by atoms with van der Waals surface area (Å²) in [5.41, 5.74) is 0. The van der Waals surface area contributed by atoms with Gasteiger partial charge in [0.15, 0.2) is 0 Å². The van der Waals surface area contributed by atoms with Gasteiger partial charge in [0.25, 0.3) is 0 Å². The standard InChI is InChI=1S/C43H88IP/c1-4-7-10-13-16-19-22-25-28-31-34-37-40-43(45-44,41-38-35-32-29-26-23-20-17-14-11-8-5-2)42-39-36-33-30-27-24-21-18-15-12-9-6-3/h45H,4-42H2,1-3H3. The molecule has 0 saturated heterocycles. The molecule has 0 saturated carbocycles. The van der Waals surface area contributed by atoms with Gasteiger partial charge in [0.05, 0.1) is 0 Å². The van der Waals surface area contributed by atoms with Gasteiger partial charge in [-0.25, -0.2) is 0 Å². The first kappa shape index (κ1) is 46.2. The summed E-state index contributed by atoms with van der Waals surface area (Å²) in [6.45, 7) is 6.97. The van der Waals surface area contributed by atoms with Crippen molar-refractivity contribution in [3.63, 3.8) is 0 Å². The number of hydrogen-bond acceptors (Lipinski definition) is 0. The van der Waals surface area contributed by atoms with E-state index in [-0.39, 0.29) is 0 Å². The van der Waals surface area contributed by atoms with E-state index < -0.39 is 0 Å². The number of halogens is 1. The molecule has 0 nitrogen and oxygen atoms in total. The smallest absolute Gasteiger partial charge is 0.00315 e. The first-order valence-corrected chi connectivity index (χ1v) is 25.7. The van der Waals surface area contributed by atoms with Crippen molar-refractivity contribution in [2.45, 2.75) is 276 Å². The third-order valence-corrected chi connectivity index (χ3v) is 15.3. The molecule has 0 aliphatic rings. The zero-order valence-electron chi connectivity index (χ0n) is 32.0. The molecule has 2 heteroatoms. The van der Waals surface area contributed by atoms with E-state index in [0.717, 1.165) is 6.22 Å². The van der Waals surface area contributed by atoms with E-state index in [1.54, 1.807) is 0 Å². The van der Waals surface area contributed by atoms with Crippen molar-refractivity contribution in [1.29, 1.82) is 0 Å². The SMILES string of the molecule is CCCCCCCCCCCCCCC(CCCCCCCCCCCCCC)(CCCCCCCCCCCCCC)PI. The molecule has 45 heavy (non-hydrogen) atoms. The van der Waals surface area contributed by atoms with Crippen molar-refractivity contribution in [3.8, 4) is 0 Å². The highest BCUT2D eigenvalue weighted by Gasteiger charge is 2.27. The molecule has 0 heterocycles. The average Bonchev–Trinajstić information content (AvgIpc) is 3.05. The third-order valence-electron chi connectivity index (χ3n) is 10.7. The molecule has 0 bridgehead atoms. The molecule has 1 atom stereocenters. The van der Waals surface area contributed by atoms with Crippen molar-refractivity contribution in [3.05, 3.63) is 0 Å². The Balaban J connectivity index is 4.21. The molecule has 0 fully saturated rings. The zero-order valence-corrected chi connectivity index (χ0v) is 35.1. The van der Waals surface area contributed by atoms with Gasteiger partial charge >= 0.3 is 0 Å². The second kappa shape index (κ2) is 39.6. The lowest BCUT2D eigenvalue weighted by Gasteiger charge is -2.32. The van der Waals surface area contributed by atoms with E-state index in [2.05, 4.69) is 42.8 Å². The Hall–Kier alpha value is 1.16. The summed E-state index contributed by atoms with van der Waals surface area (Å²) < 4.78 is 0. The van der Waals surface area contributed by atoms with Gasteiger partial charge < -0.3 is 0 Å². The first-order valence-electron chi connectivity index (χ1n) is 21.6. The number of hydrogen-bond donors (Lipinski definition) is 0. The fraction of sp³-hybridized carbons (Fsp3) is 1.00. The Labute approximate surface area is 303 Å². The predicted molar refractivity (Wildman–Crippen MR) is 222 cm³/mol. The van der Waals surface area contributed by atoms with Crippen molar-refractivity contribution < 1.29 is 0 Å². The van der Waals surface area contributed by atoms with Gasteiger partial charge in [-0.15, -0.1) is 0 Å². The Morgan fingerprint density at radius 1 is 0.267 bits per heavy atom. The molecular weight excluding hydrogens is 674 g/mol. The van der Waals surface area contributed by atoms with Gasteiger partial charge in [-0.2, -0.15) is 0 Å². The molecule has 0 aliphatic heterocycles. The normalized spacial score (nSPS) is 12.3. The van der Waals surface area contributed by atoms with Crippen LogP contribution in [0.15, 0.2) is 0 Å². The largest absolute Gasteiger partial charge is 0.0654 e. The van der Waals surface area contributed by atoms with Crippen LogP contribution in [-0.4, -0.2) is 5.16 Å². The molecular formula is C43H88IP. The van der Waals surface area contributed by atoms with Crippen LogP contribution in [0.4, 0.5) is 0 Å². The lowest BCUT2D eigenvalue weighted by Crippen LogP contribution is -2.22. The number of rotatable bonds is 40. The van der Waals surface area contributed by atoms with E-state index in [4.69, 9.17) is 0 Å². The fourth-order valence-electron chi connectivity index (χ4n) is 7.43. The van der Waals surface area contributed by atoms with Gasteiger partial charge in [-0.3, -0.25) is 0 Å². The third kappa shape index (κ3) is 34.8. The fourth-order valence-corrected chi connectivity index (χ4v) is 10.7. The zero-order chi connectivity index (χ0) is 32.8. The molecule has 0 aromatic heterocycles. The van der Waals surface area contributed by atoms with E-state index >= 15 is 0 Å². The highest BCUT2D eigenvalue weighted by atomic mass is 127. The molecule has 0 N–H and O–H groups in total. The topological polar surface area (TPSA) is 0 Å². The summed E-state index contributed by atoms with van der Waals surface area (Å²) in [6.07, 6.45) is 58.8. The molecule has 0 aliphatic carbocycles. The van der Waals surface area contributed by atoms with Crippen LogP contribution in [0.5, 0.6) is 0 Å². The van der Waals surface area contributed by atoms with Crippen LogP contribution in [0.2, 0.25) is 0 Å². The summed E-state index contributed by atoms with van der Waals surface area (Å²) in [6, 6.07) is 0. The average molecular weight is 763 g/mol. The molecule has 1 unspecified atom stereocenters. The van der Waals surface area contributed by atoms with Gasteiger partial charge in [0.2, 0.25) is 0 Å². The summed E-state index contributed by atoms with van der Waals surface area (Å²) in [5, 5.41) is 0.677. The summed E-state index contributed by atoms with van der Waals surface area (Å²) in [7, 11) is 0. The van der Waals surface area contributed by atoms with Crippen LogP contribution < -0.4 is 0 Å². The van der Waals surface area contributed by atoms with Crippen molar-refractivity contribution in [1.82, 2.24) is 0 Å². The highest BCUT2D eigenvalue weighted by molar-refractivity contribution is 14.2. The summed E-state index contributed by atoms with van der Waals surface area (Å²) in [4.78, 5) is 0. The summed E-state index contributed by atoms with van der Waals surface area (Å²) in [5.74, 6) is 0. The van der Waals surface area contributed by atoms with Crippen LogP contribution >= 0.6 is 28.3 Å². The van der Waals surface area contributed by atoms with Crippen LogP contribution in [0, 0.1) is 0 Å². The maximum atomic E-state index is 2.82. The molecule has 0 aromatic carbocycles. The van der Waals surface area contributed by atoms with Gasteiger partial charge in [0, 0.05) is 0 Å². The van der Waals surface area contributed by atoms with Crippen molar-refractivity contribution in [2.75, 3.05) is 0 Å². The van der Waals surface area contributed by atoms with Gasteiger partial charge in [-0.05, 0) is 30.6 Å². The highest BCUT2D eigenvalue weighted by Crippen LogP contribution is 2.49. The van der Waals surface area contributed by atoms with Crippen LogP contribution in [0.25, 0.3) is 0 Å². The lowest BCUT2D eigenvalue weighted by molar-refractivity contribution is 0.400. The van der Waals surface area contributed by atoms with Crippen LogP contribution in [0.1, 0.15) is 271 Å². The quantitative estimate of drug-likeness (QED) is 0.0331. The van der Waals surface area contributed by atoms with E-state index in [9.17, 15) is 0 Å². The van der Waals surface area contributed by atoms with Crippen molar-refractivity contribution >= 4 is 28.3 Å². The molecule has 0 spiro atoms. The van der Waals surface area contributed by atoms with Gasteiger partial charge in [0.1, 0.15) is 0 Å². The van der Waals surface area contributed by atoms with Crippen LogP contribution in [0.3, 0.4) is 0 Å². The minimum absolute atomic E-state index is 0.677. The Morgan fingerprint density at radius 2 is 0.422 bits per heavy atom. The molecule has 0 amide bonds. The minimum Gasteiger partial charge on any atom is -0.0654 e. The second-order valence-corrected chi connectivity index (χ2v) is 18.2. The second-order valence-electron chi connectivity index (χ2n) is 15.3. The number of unbranched alkanes of at least 4 members (excludes halogenated alkanes) is 33. The van der Waals surface area contributed by atoms with Gasteiger partial charge in [-0.1, -0.05) is 274 Å². The lowest BCUT2D eigenvalue weighted by atomic mass is 9.88. The van der Waals surface area contributed by atoms with E-state index in [0.29, 0.717) is 5.16 Å². The monoisotopic (exact) mass is 763 g/mol. The Morgan fingerprint density at radius 3 is 0.578 bits per heavy atom. The van der Waals surface area contributed by atoms with E-state index in [1.165, 1.54) is 250 Å². The maximum Gasteiger partial charge on any atom is -0.00315 e. The minimum atomic E-state index is 0.677. The predicted octanol–water partition coefficient (Wildman–Crippen LogP) is 18.0. The molecule has 0 rings (SSSR count). The summed E-state index contributed by atoms with van der Waals surface area (Å²) >= 11 is 2.82. The molecule has 0 radical (unpaired) electrons. The molecule has 272 valence electrons. The Kier molecular flexibility index (Phi) is 40.6. The van der Waals surface area contributed by atoms with E-state index in [1.807, 2.05) is 0 Å². The molecule has 0 aromatic rings.